The normalized spacial score (nSPS) is 13.0. The summed E-state index contributed by atoms with van der Waals surface area (Å²) < 4.78 is 39.7. The van der Waals surface area contributed by atoms with Crippen molar-refractivity contribution in [3.05, 3.63) is 23.0 Å². The van der Waals surface area contributed by atoms with Gasteiger partial charge in [0, 0.05) is 17.5 Å². The number of rotatable bonds is 4. The first kappa shape index (κ1) is 14.8. The van der Waals surface area contributed by atoms with E-state index in [9.17, 15) is 12.8 Å². The molecule has 0 heterocycles. The molecule has 1 rings (SSSR count). The predicted octanol–water partition coefficient (Wildman–Crippen LogP) is 1.75. The minimum absolute atomic E-state index is 0.0406. The summed E-state index contributed by atoms with van der Waals surface area (Å²) in [5.41, 5.74) is 5.00. The topological polar surface area (TPSA) is 72.2 Å². The fraction of sp³-hybridized carbons (Fsp3) is 0.273. The lowest BCUT2D eigenvalue weighted by Gasteiger charge is -2.13. The average Bonchev–Trinajstić information content (AvgIpc) is 2.22. The van der Waals surface area contributed by atoms with Crippen molar-refractivity contribution < 1.29 is 12.8 Å². The molecular formula is C11H12ClFN2O2S. The molecule has 1 aromatic carbocycles. The smallest absolute Gasteiger partial charge is 0.243 e. The Bertz CT molecular complexity index is 596. The Balaban J connectivity index is 3.18. The number of nitrogen functional groups attached to an aromatic ring is 1. The molecule has 1 unspecified atom stereocenters. The Labute approximate surface area is 110 Å². The Morgan fingerprint density at radius 3 is 2.78 bits per heavy atom. The number of nitrogens with one attached hydrogen (secondary N) is 1. The molecule has 0 bridgehead atoms. The van der Waals surface area contributed by atoms with E-state index in [4.69, 9.17) is 23.8 Å². The highest BCUT2D eigenvalue weighted by atomic mass is 35.5. The summed E-state index contributed by atoms with van der Waals surface area (Å²) in [6, 6.07) is 1.62. The first-order chi connectivity index (χ1) is 8.27. The second-order valence-electron chi connectivity index (χ2n) is 3.74. The first-order valence-electron chi connectivity index (χ1n) is 4.98. The van der Waals surface area contributed by atoms with Crippen LogP contribution in [-0.2, 0) is 10.0 Å². The molecule has 0 aliphatic heterocycles. The molecule has 98 valence electrons. The van der Waals surface area contributed by atoms with Gasteiger partial charge in [0.1, 0.15) is 4.90 Å². The van der Waals surface area contributed by atoms with E-state index in [1.54, 1.807) is 6.92 Å². The summed E-state index contributed by atoms with van der Waals surface area (Å²) in [5.74, 6) is 1.28. The maximum Gasteiger partial charge on any atom is 0.243 e. The fourth-order valence-electron chi connectivity index (χ4n) is 1.33. The highest BCUT2D eigenvalue weighted by Crippen LogP contribution is 2.25. The lowest BCUT2D eigenvalue weighted by atomic mass is 10.3. The summed E-state index contributed by atoms with van der Waals surface area (Å²) in [5, 5.41) is 0.0406. The van der Waals surface area contributed by atoms with Crippen molar-refractivity contribution >= 4 is 27.3 Å². The summed E-state index contributed by atoms with van der Waals surface area (Å²) >= 11 is 5.65. The van der Waals surface area contributed by atoms with Crippen LogP contribution >= 0.6 is 11.6 Å². The van der Waals surface area contributed by atoms with E-state index < -0.39 is 26.8 Å². The van der Waals surface area contributed by atoms with Gasteiger partial charge in [0.25, 0.3) is 0 Å². The molecule has 0 fully saturated rings. The van der Waals surface area contributed by atoms with E-state index >= 15 is 0 Å². The van der Waals surface area contributed by atoms with Crippen LogP contribution in [0.3, 0.4) is 0 Å². The largest absolute Gasteiger partial charge is 0.396 e. The van der Waals surface area contributed by atoms with Crippen molar-refractivity contribution in [2.45, 2.75) is 24.3 Å². The lowest BCUT2D eigenvalue weighted by molar-refractivity contribution is 0.546. The predicted molar refractivity (Wildman–Crippen MR) is 69.1 cm³/mol. The molecule has 0 saturated heterocycles. The standard InChI is InChI=1S/C11H12ClFN2O2S/c1-3-4-7(2)15-18(16,17)10-6-8(12)5-9(14)11(10)13/h1,5-7,15H,4,14H2,2H3. The zero-order chi connectivity index (χ0) is 13.9. The Kier molecular flexibility index (Phi) is 4.57. The highest BCUT2D eigenvalue weighted by molar-refractivity contribution is 7.89. The van der Waals surface area contributed by atoms with Crippen molar-refractivity contribution in [1.29, 1.82) is 0 Å². The van der Waals surface area contributed by atoms with E-state index in [2.05, 4.69) is 10.6 Å². The maximum absolute atomic E-state index is 13.7. The van der Waals surface area contributed by atoms with Crippen molar-refractivity contribution in [3.8, 4) is 12.3 Å². The van der Waals surface area contributed by atoms with Gasteiger partial charge in [0.2, 0.25) is 10.0 Å². The van der Waals surface area contributed by atoms with Gasteiger partial charge in [-0.3, -0.25) is 0 Å². The van der Waals surface area contributed by atoms with Crippen LogP contribution in [0.1, 0.15) is 13.3 Å². The second-order valence-corrected chi connectivity index (χ2v) is 5.86. The molecule has 0 spiro atoms. The third-order valence-corrected chi connectivity index (χ3v) is 3.91. The van der Waals surface area contributed by atoms with E-state index in [1.165, 1.54) is 0 Å². The first-order valence-corrected chi connectivity index (χ1v) is 6.84. The summed E-state index contributed by atoms with van der Waals surface area (Å²) in [7, 11) is -4.04. The number of halogens is 2. The summed E-state index contributed by atoms with van der Waals surface area (Å²) in [4.78, 5) is -0.587. The Morgan fingerprint density at radius 1 is 1.61 bits per heavy atom. The van der Waals surface area contributed by atoms with Gasteiger partial charge in [0.05, 0.1) is 5.69 Å². The number of hydrogen-bond acceptors (Lipinski definition) is 3. The van der Waals surface area contributed by atoms with Crippen LogP contribution in [-0.4, -0.2) is 14.5 Å². The molecule has 0 radical (unpaired) electrons. The zero-order valence-electron chi connectivity index (χ0n) is 9.57. The summed E-state index contributed by atoms with van der Waals surface area (Å²) in [6.07, 6.45) is 5.26. The van der Waals surface area contributed by atoms with E-state index in [-0.39, 0.29) is 17.1 Å². The lowest BCUT2D eigenvalue weighted by Crippen LogP contribution is -2.33. The number of anilines is 1. The second kappa shape index (κ2) is 5.57. The van der Waals surface area contributed by atoms with Gasteiger partial charge >= 0.3 is 0 Å². The monoisotopic (exact) mass is 290 g/mol. The van der Waals surface area contributed by atoms with E-state index in [1.807, 2.05) is 0 Å². The van der Waals surface area contributed by atoms with Crippen LogP contribution in [0.5, 0.6) is 0 Å². The van der Waals surface area contributed by atoms with Crippen LogP contribution < -0.4 is 10.5 Å². The van der Waals surface area contributed by atoms with Gasteiger partial charge in [-0.15, -0.1) is 12.3 Å². The van der Waals surface area contributed by atoms with Crippen LogP contribution in [0.2, 0.25) is 5.02 Å². The van der Waals surface area contributed by atoms with E-state index in [0.29, 0.717) is 0 Å². The van der Waals surface area contributed by atoms with E-state index in [0.717, 1.165) is 12.1 Å². The SMILES string of the molecule is C#CCC(C)NS(=O)(=O)c1cc(Cl)cc(N)c1F. The van der Waals surface area contributed by atoms with Crippen molar-refractivity contribution in [1.82, 2.24) is 4.72 Å². The third-order valence-electron chi connectivity index (χ3n) is 2.10. The Morgan fingerprint density at radius 2 is 2.22 bits per heavy atom. The quantitative estimate of drug-likeness (QED) is 0.655. The van der Waals surface area contributed by atoms with Crippen molar-refractivity contribution in [2.75, 3.05) is 5.73 Å². The molecule has 0 aromatic heterocycles. The molecule has 1 atom stereocenters. The van der Waals surface area contributed by atoms with Crippen LogP contribution in [0.25, 0.3) is 0 Å². The summed E-state index contributed by atoms with van der Waals surface area (Å²) in [6.45, 7) is 1.57. The highest BCUT2D eigenvalue weighted by Gasteiger charge is 2.23. The van der Waals surface area contributed by atoms with Gasteiger partial charge in [-0.05, 0) is 19.1 Å². The van der Waals surface area contributed by atoms with Gasteiger partial charge in [0.15, 0.2) is 5.82 Å². The molecule has 7 heteroatoms. The van der Waals surface area contributed by atoms with Crippen LogP contribution in [0.4, 0.5) is 10.1 Å². The van der Waals surface area contributed by atoms with Gasteiger partial charge < -0.3 is 5.73 Å². The third kappa shape index (κ3) is 3.35. The molecule has 0 saturated carbocycles. The minimum Gasteiger partial charge on any atom is -0.396 e. The fourth-order valence-corrected chi connectivity index (χ4v) is 2.99. The molecule has 0 aliphatic rings. The molecular weight excluding hydrogens is 279 g/mol. The number of benzene rings is 1. The number of nitrogens with two attached hydrogens (primary N) is 1. The number of hydrogen-bond donors (Lipinski definition) is 2. The molecule has 0 aliphatic carbocycles. The molecule has 18 heavy (non-hydrogen) atoms. The maximum atomic E-state index is 13.7. The van der Waals surface area contributed by atoms with Crippen molar-refractivity contribution in [2.24, 2.45) is 0 Å². The van der Waals surface area contributed by atoms with Crippen LogP contribution in [0.15, 0.2) is 17.0 Å². The minimum atomic E-state index is -4.04. The molecule has 0 amide bonds. The number of sulfonamides is 1. The molecule has 1 aromatic rings. The van der Waals surface area contributed by atoms with Gasteiger partial charge in [-0.2, -0.15) is 0 Å². The molecule has 4 nitrogen and oxygen atoms in total. The Hall–Kier alpha value is -1.29. The zero-order valence-corrected chi connectivity index (χ0v) is 11.1. The average molecular weight is 291 g/mol. The van der Waals surface area contributed by atoms with Crippen LogP contribution in [0, 0.1) is 18.2 Å². The van der Waals surface area contributed by atoms with Crippen molar-refractivity contribution in [3.63, 3.8) is 0 Å². The van der Waals surface area contributed by atoms with Gasteiger partial charge in [-0.1, -0.05) is 11.6 Å². The number of terminal acetylenes is 1. The van der Waals surface area contributed by atoms with Gasteiger partial charge in [-0.25, -0.2) is 17.5 Å². The molecule has 3 N–H and O–H groups in total.